The van der Waals surface area contributed by atoms with Gasteiger partial charge in [0.15, 0.2) is 0 Å². The molecule has 2 heteroatoms. The van der Waals surface area contributed by atoms with E-state index in [0.717, 1.165) is 6.04 Å². The van der Waals surface area contributed by atoms with Crippen molar-refractivity contribution < 1.29 is 4.80 Å². The third-order valence-electron chi connectivity index (χ3n) is 2.60. The summed E-state index contributed by atoms with van der Waals surface area (Å²) in [6.07, 6.45) is 7.81. The quantitative estimate of drug-likeness (QED) is 0.470. The first-order chi connectivity index (χ1) is 6.12. The summed E-state index contributed by atoms with van der Waals surface area (Å²) in [4.78, 5) is 8.66. The van der Waals surface area contributed by atoms with Crippen LogP contribution in [0.1, 0.15) is 59.3 Å². The molecule has 78 valence electrons. The Balaban J connectivity index is 3.39. The van der Waals surface area contributed by atoms with Gasteiger partial charge in [-0.15, -0.1) is 0 Å². The summed E-state index contributed by atoms with van der Waals surface area (Å²) >= 11 is 0. The standard InChI is InChI=1S/C11H24OSi/c1-4-5-8-11(2,3)9-6-7-10-13-12/h12H,4-10H2,1-3H3. The van der Waals surface area contributed by atoms with Gasteiger partial charge in [-0.25, -0.2) is 0 Å². The van der Waals surface area contributed by atoms with Crippen molar-refractivity contribution in [3.8, 4) is 0 Å². The highest BCUT2D eigenvalue weighted by Crippen LogP contribution is 2.29. The van der Waals surface area contributed by atoms with E-state index in [1.54, 1.807) is 0 Å². The van der Waals surface area contributed by atoms with Crippen LogP contribution in [0.15, 0.2) is 0 Å². The van der Waals surface area contributed by atoms with Crippen LogP contribution in [-0.2, 0) is 0 Å². The summed E-state index contributed by atoms with van der Waals surface area (Å²) in [7, 11) is 0.152. The molecular formula is C11H24OSi. The summed E-state index contributed by atoms with van der Waals surface area (Å²) in [5.74, 6) is 0. The Bertz CT molecular complexity index is 113. The largest absolute Gasteiger partial charge is 0.432 e. The van der Waals surface area contributed by atoms with Crippen molar-refractivity contribution in [1.29, 1.82) is 0 Å². The van der Waals surface area contributed by atoms with E-state index >= 15 is 0 Å². The van der Waals surface area contributed by atoms with Crippen LogP contribution in [0.25, 0.3) is 0 Å². The molecule has 0 saturated carbocycles. The second-order valence-corrected chi connectivity index (χ2v) is 5.45. The molecule has 0 rings (SSSR count). The van der Waals surface area contributed by atoms with Gasteiger partial charge in [0.2, 0.25) is 9.76 Å². The van der Waals surface area contributed by atoms with Crippen molar-refractivity contribution in [2.24, 2.45) is 5.41 Å². The minimum absolute atomic E-state index is 0.152. The van der Waals surface area contributed by atoms with E-state index in [4.69, 9.17) is 4.80 Å². The van der Waals surface area contributed by atoms with E-state index < -0.39 is 0 Å². The van der Waals surface area contributed by atoms with Gasteiger partial charge in [0.1, 0.15) is 0 Å². The van der Waals surface area contributed by atoms with E-state index in [1.165, 1.54) is 38.5 Å². The van der Waals surface area contributed by atoms with E-state index in [2.05, 4.69) is 20.8 Å². The lowest BCUT2D eigenvalue weighted by molar-refractivity contribution is 0.288. The molecule has 0 bridgehead atoms. The topological polar surface area (TPSA) is 20.2 Å². The first-order valence-electron chi connectivity index (χ1n) is 5.49. The lowest BCUT2D eigenvalue weighted by Crippen LogP contribution is -2.10. The lowest BCUT2D eigenvalue weighted by atomic mass is 9.82. The van der Waals surface area contributed by atoms with E-state index in [-0.39, 0.29) is 9.76 Å². The highest BCUT2D eigenvalue weighted by molar-refractivity contribution is 6.25. The summed E-state index contributed by atoms with van der Waals surface area (Å²) in [6, 6.07) is 1.00. The Morgan fingerprint density at radius 1 is 1.08 bits per heavy atom. The van der Waals surface area contributed by atoms with Gasteiger partial charge in [0, 0.05) is 0 Å². The maximum absolute atomic E-state index is 8.66. The fourth-order valence-corrected chi connectivity index (χ4v) is 2.00. The maximum Gasteiger partial charge on any atom is 0.224 e. The second kappa shape index (κ2) is 7.57. The second-order valence-electron chi connectivity index (χ2n) is 4.63. The van der Waals surface area contributed by atoms with Gasteiger partial charge in [-0.2, -0.15) is 0 Å². The van der Waals surface area contributed by atoms with Gasteiger partial charge in [-0.1, -0.05) is 46.5 Å². The first kappa shape index (κ1) is 13.2. The Kier molecular flexibility index (Phi) is 7.67. The molecule has 1 nitrogen and oxygen atoms in total. The van der Waals surface area contributed by atoms with Crippen LogP contribution in [0.5, 0.6) is 0 Å². The molecule has 0 spiro atoms. The number of hydrogen-bond donors (Lipinski definition) is 1. The predicted octanol–water partition coefficient (Wildman–Crippen LogP) is 3.40. The Morgan fingerprint density at radius 3 is 2.23 bits per heavy atom. The lowest BCUT2D eigenvalue weighted by Gasteiger charge is -2.24. The molecule has 0 atom stereocenters. The third kappa shape index (κ3) is 8.51. The van der Waals surface area contributed by atoms with Crippen LogP contribution in [0.2, 0.25) is 6.04 Å². The summed E-state index contributed by atoms with van der Waals surface area (Å²) < 4.78 is 0. The van der Waals surface area contributed by atoms with Crippen LogP contribution in [-0.4, -0.2) is 14.6 Å². The summed E-state index contributed by atoms with van der Waals surface area (Å²) in [5.41, 5.74) is 0.522. The molecule has 1 N–H and O–H groups in total. The normalized spacial score (nSPS) is 12.0. The van der Waals surface area contributed by atoms with E-state index in [0.29, 0.717) is 5.41 Å². The molecule has 13 heavy (non-hydrogen) atoms. The van der Waals surface area contributed by atoms with Gasteiger partial charge in [0.25, 0.3) is 0 Å². The van der Waals surface area contributed by atoms with E-state index in [1.807, 2.05) is 0 Å². The number of unbranched alkanes of at least 4 members (excludes halogenated alkanes) is 2. The van der Waals surface area contributed by atoms with Crippen molar-refractivity contribution in [3.05, 3.63) is 0 Å². The molecule has 0 unspecified atom stereocenters. The van der Waals surface area contributed by atoms with Crippen LogP contribution in [0, 0.1) is 5.41 Å². The minimum Gasteiger partial charge on any atom is -0.432 e. The first-order valence-corrected chi connectivity index (χ1v) is 6.65. The van der Waals surface area contributed by atoms with Crippen LogP contribution >= 0.6 is 0 Å². The fourth-order valence-electron chi connectivity index (χ4n) is 1.59. The molecule has 0 aromatic carbocycles. The molecular weight excluding hydrogens is 176 g/mol. The van der Waals surface area contributed by atoms with Gasteiger partial charge in [-0.3, -0.25) is 0 Å². The number of hydrogen-bond acceptors (Lipinski definition) is 1. The molecule has 0 heterocycles. The Morgan fingerprint density at radius 2 is 1.69 bits per heavy atom. The van der Waals surface area contributed by atoms with Crippen LogP contribution in [0.4, 0.5) is 0 Å². The van der Waals surface area contributed by atoms with Crippen molar-refractivity contribution in [2.75, 3.05) is 0 Å². The third-order valence-corrected chi connectivity index (χ3v) is 3.18. The van der Waals surface area contributed by atoms with E-state index in [9.17, 15) is 0 Å². The molecule has 2 radical (unpaired) electrons. The molecule has 0 fully saturated rings. The summed E-state index contributed by atoms with van der Waals surface area (Å²) in [6.45, 7) is 6.98. The minimum atomic E-state index is 0.152. The molecule has 0 aliphatic carbocycles. The van der Waals surface area contributed by atoms with Crippen molar-refractivity contribution in [3.63, 3.8) is 0 Å². The van der Waals surface area contributed by atoms with Gasteiger partial charge >= 0.3 is 0 Å². The zero-order valence-corrected chi connectivity index (χ0v) is 10.4. The van der Waals surface area contributed by atoms with Crippen LogP contribution < -0.4 is 0 Å². The molecule has 0 aliphatic heterocycles. The highest BCUT2D eigenvalue weighted by atomic mass is 28.2. The average molecular weight is 200 g/mol. The Labute approximate surface area is 85.9 Å². The zero-order chi connectivity index (χ0) is 10.2. The molecule has 0 saturated heterocycles. The zero-order valence-electron chi connectivity index (χ0n) is 9.40. The smallest absolute Gasteiger partial charge is 0.224 e. The monoisotopic (exact) mass is 200 g/mol. The van der Waals surface area contributed by atoms with Crippen LogP contribution in [0.3, 0.4) is 0 Å². The van der Waals surface area contributed by atoms with Gasteiger partial charge in [-0.05, 0) is 24.3 Å². The van der Waals surface area contributed by atoms with Gasteiger partial charge in [0.05, 0.1) is 0 Å². The maximum atomic E-state index is 8.66. The molecule has 0 aromatic heterocycles. The predicted molar refractivity (Wildman–Crippen MR) is 59.9 cm³/mol. The average Bonchev–Trinajstić information content (AvgIpc) is 2.09. The van der Waals surface area contributed by atoms with Crippen molar-refractivity contribution in [2.45, 2.75) is 65.3 Å². The highest BCUT2D eigenvalue weighted by Gasteiger charge is 2.15. The summed E-state index contributed by atoms with van der Waals surface area (Å²) in [5, 5.41) is 0. The van der Waals surface area contributed by atoms with Gasteiger partial charge < -0.3 is 4.80 Å². The Hall–Kier alpha value is 0.177. The fraction of sp³-hybridized carbons (Fsp3) is 1.00. The SMILES string of the molecule is CCCCC(C)(C)CCCC[Si]O. The van der Waals surface area contributed by atoms with Crippen molar-refractivity contribution >= 4 is 9.76 Å². The number of rotatable bonds is 8. The molecule has 0 amide bonds. The molecule has 0 aromatic rings. The molecule has 0 aliphatic rings. The van der Waals surface area contributed by atoms with Crippen molar-refractivity contribution in [1.82, 2.24) is 0 Å².